The molecule has 3 N–H and O–H groups in total. The number of rotatable bonds is 2. The molecule has 26 heavy (non-hydrogen) atoms. The second-order valence-corrected chi connectivity index (χ2v) is 9.49. The lowest BCUT2D eigenvalue weighted by atomic mass is 9.48. The van der Waals surface area contributed by atoms with E-state index in [1.165, 1.54) is 12.8 Å². The van der Waals surface area contributed by atoms with Gasteiger partial charge in [-0.05, 0) is 30.9 Å². The van der Waals surface area contributed by atoms with Gasteiger partial charge >= 0.3 is 0 Å². The van der Waals surface area contributed by atoms with Crippen LogP contribution in [0, 0.1) is 5.92 Å². The van der Waals surface area contributed by atoms with Crippen LogP contribution in [0.25, 0.3) is 0 Å². The van der Waals surface area contributed by atoms with Gasteiger partial charge in [-0.25, -0.2) is 0 Å². The van der Waals surface area contributed by atoms with E-state index < -0.39 is 11.0 Å². The third-order valence-electron chi connectivity index (χ3n) is 7.97. The average Bonchev–Trinajstić information content (AvgIpc) is 3.39. The Morgan fingerprint density at radius 2 is 2.00 bits per heavy atom. The Hall–Kier alpha value is -1.59. The molecule has 5 rings (SSSR count). The van der Waals surface area contributed by atoms with E-state index in [-0.39, 0.29) is 29.7 Å². The number of benzene rings is 1. The number of piperidine rings is 1. The summed E-state index contributed by atoms with van der Waals surface area (Å²) in [6, 6.07) is 3.46. The number of aromatic hydroxyl groups is 2. The molecule has 3 aliphatic carbocycles. The number of carbonyl (C=O) groups excluding carboxylic acids is 1. The standard InChI is InChI=1S/C21H27NO4/c1-22(12-13-2-3-13)9-8-20-11-15(23)6-7-21(20,26)17(22)10-14-4-5-16(24)19(25)18(14)20/h4-5,13,17,26H,2-3,6-12H2,1H3,(H-,24,25)/p+1/t17-,20-,21-,22?/m1/s1. The van der Waals surface area contributed by atoms with Crippen LogP contribution in [0.1, 0.15) is 49.7 Å². The van der Waals surface area contributed by atoms with Crippen LogP contribution >= 0.6 is 0 Å². The number of likely N-dealkylation sites (N-methyl/N-ethyl adjacent to an activating group) is 1. The summed E-state index contributed by atoms with van der Waals surface area (Å²) < 4.78 is 0.859. The van der Waals surface area contributed by atoms with E-state index in [1.807, 2.05) is 6.07 Å². The zero-order valence-corrected chi connectivity index (χ0v) is 15.4. The van der Waals surface area contributed by atoms with Crippen molar-refractivity contribution in [2.75, 3.05) is 20.1 Å². The molecule has 4 aliphatic rings. The van der Waals surface area contributed by atoms with Crippen LogP contribution in [0.2, 0.25) is 0 Å². The summed E-state index contributed by atoms with van der Waals surface area (Å²) in [6.07, 6.45) is 5.09. The number of fused-ring (bicyclic) bond motifs is 1. The zero-order valence-electron chi connectivity index (χ0n) is 15.4. The molecular weight excluding hydrogens is 330 g/mol. The van der Waals surface area contributed by atoms with Gasteiger partial charge in [0.15, 0.2) is 11.5 Å². The van der Waals surface area contributed by atoms with Gasteiger partial charge in [-0.3, -0.25) is 4.79 Å². The van der Waals surface area contributed by atoms with Crippen molar-refractivity contribution in [3.05, 3.63) is 23.3 Å². The maximum absolute atomic E-state index is 12.4. The molecule has 1 heterocycles. The van der Waals surface area contributed by atoms with Crippen molar-refractivity contribution in [2.24, 2.45) is 5.92 Å². The van der Waals surface area contributed by atoms with Crippen LogP contribution < -0.4 is 0 Å². The number of quaternary nitrogens is 1. The van der Waals surface area contributed by atoms with Crippen LogP contribution in [0.5, 0.6) is 11.5 Å². The van der Waals surface area contributed by atoms with Crippen LogP contribution in [-0.2, 0) is 16.6 Å². The fourth-order valence-corrected chi connectivity index (χ4v) is 6.52. The number of aliphatic hydroxyl groups is 1. The Balaban J connectivity index is 1.72. The van der Waals surface area contributed by atoms with E-state index in [1.54, 1.807) is 6.07 Å². The molecule has 3 fully saturated rings. The van der Waals surface area contributed by atoms with Crippen molar-refractivity contribution in [3.63, 3.8) is 0 Å². The number of phenolic OH excluding ortho intramolecular Hbond substituents is 2. The number of Topliss-reactive ketones (excluding diaryl/α,β-unsaturated/α-hetero) is 1. The quantitative estimate of drug-likeness (QED) is 0.558. The zero-order chi connectivity index (χ0) is 18.3. The van der Waals surface area contributed by atoms with Gasteiger partial charge in [0, 0.05) is 42.6 Å². The minimum absolute atomic E-state index is 0.0430. The van der Waals surface area contributed by atoms with Gasteiger partial charge < -0.3 is 19.8 Å². The Morgan fingerprint density at radius 3 is 2.73 bits per heavy atom. The van der Waals surface area contributed by atoms with Crippen molar-refractivity contribution in [2.45, 2.75) is 62.0 Å². The first-order chi connectivity index (χ1) is 12.3. The number of carbonyl (C=O) groups is 1. The number of hydrogen-bond acceptors (Lipinski definition) is 4. The molecule has 4 atom stereocenters. The van der Waals surface area contributed by atoms with Crippen molar-refractivity contribution in [3.8, 4) is 11.5 Å². The fraction of sp³-hybridized carbons (Fsp3) is 0.667. The lowest BCUT2D eigenvalue weighted by molar-refractivity contribution is -0.950. The first kappa shape index (κ1) is 16.6. The van der Waals surface area contributed by atoms with E-state index >= 15 is 0 Å². The van der Waals surface area contributed by atoms with Gasteiger partial charge in [0.05, 0.1) is 20.1 Å². The second kappa shape index (κ2) is 5.02. The number of phenols is 2. The predicted octanol–water partition coefficient (Wildman–Crippen LogP) is 2.00. The first-order valence-electron chi connectivity index (χ1n) is 9.92. The van der Waals surface area contributed by atoms with Crippen molar-refractivity contribution in [1.29, 1.82) is 0 Å². The molecule has 1 aliphatic heterocycles. The molecule has 2 bridgehead atoms. The summed E-state index contributed by atoms with van der Waals surface area (Å²) in [4.78, 5) is 12.4. The molecule has 2 saturated carbocycles. The molecule has 1 saturated heterocycles. The number of ketones is 1. The molecule has 1 aromatic carbocycles. The highest BCUT2D eigenvalue weighted by molar-refractivity contribution is 5.83. The van der Waals surface area contributed by atoms with Crippen LogP contribution in [0.15, 0.2) is 12.1 Å². The molecule has 5 heteroatoms. The Kier molecular flexibility index (Phi) is 3.20. The average molecular weight is 358 g/mol. The number of hydrogen-bond donors (Lipinski definition) is 3. The molecule has 0 spiro atoms. The summed E-state index contributed by atoms with van der Waals surface area (Å²) >= 11 is 0. The number of nitrogens with zero attached hydrogens (tertiary/aromatic N) is 1. The van der Waals surface area contributed by atoms with Gasteiger partial charge in [-0.15, -0.1) is 0 Å². The van der Waals surface area contributed by atoms with Crippen molar-refractivity contribution < 1.29 is 24.6 Å². The van der Waals surface area contributed by atoms with Crippen LogP contribution in [-0.4, -0.2) is 57.4 Å². The van der Waals surface area contributed by atoms with Gasteiger partial charge in [0.1, 0.15) is 17.4 Å². The van der Waals surface area contributed by atoms with Crippen LogP contribution in [0.4, 0.5) is 0 Å². The molecule has 140 valence electrons. The highest BCUT2D eigenvalue weighted by Gasteiger charge is 2.70. The van der Waals surface area contributed by atoms with Gasteiger partial charge in [-0.2, -0.15) is 0 Å². The molecule has 0 amide bonds. The molecule has 1 unspecified atom stereocenters. The smallest absolute Gasteiger partial charge is 0.161 e. The topological polar surface area (TPSA) is 77.8 Å². The van der Waals surface area contributed by atoms with E-state index in [2.05, 4.69) is 7.05 Å². The summed E-state index contributed by atoms with van der Waals surface area (Å²) in [6.45, 7) is 2.00. The highest BCUT2D eigenvalue weighted by atomic mass is 16.3. The van der Waals surface area contributed by atoms with Crippen molar-refractivity contribution in [1.82, 2.24) is 0 Å². The minimum Gasteiger partial charge on any atom is -0.504 e. The van der Waals surface area contributed by atoms with E-state index in [9.17, 15) is 20.1 Å². The second-order valence-electron chi connectivity index (χ2n) is 9.49. The van der Waals surface area contributed by atoms with Gasteiger partial charge in [0.25, 0.3) is 0 Å². The third-order valence-corrected chi connectivity index (χ3v) is 7.97. The van der Waals surface area contributed by atoms with E-state index in [0.717, 1.165) is 29.1 Å². The van der Waals surface area contributed by atoms with E-state index in [0.29, 0.717) is 31.2 Å². The highest BCUT2D eigenvalue weighted by Crippen LogP contribution is 2.61. The Bertz CT molecular complexity index is 803. The Morgan fingerprint density at radius 1 is 1.23 bits per heavy atom. The fourth-order valence-electron chi connectivity index (χ4n) is 6.52. The normalized spacial score (nSPS) is 41.5. The Labute approximate surface area is 153 Å². The molecule has 1 aromatic rings. The minimum atomic E-state index is -0.999. The summed E-state index contributed by atoms with van der Waals surface area (Å²) in [5.41, 5.74) is -0.127. The lowest BCUT2D eigenvalue weighted by Crippen LogP contribution is -2.78. The van der Waals surface area contributed by atoms with Gasteiger partial charge in [0.2, 0.25) is 0 Å². The third kappa shape index (κ3) is 1.96. The maximum Gasteiger partial charge on any atom is 0.161 e. The maximum atomic E-state index is 12.4. The largest absolute Gasteiger partial charge is 0.504 e. The summed E-state index contributed by atoms with van der Waals surface area (Å²) in [5, 5.41) is 32.9. The summed E-state index contributed by atoms with van der Waals surface area (Å²) in [7, 11) is 2.27. The summed E-state index contributed by atoms with van der Waals surface area (Å²) in [5.74, 6) is 0.628. The predicted molar refractivity (Wildman–Crippen MR) is 96.0 cm³/mol. The van der Waals surface area contributed by atoms with Gasteiger partial charge in [-0.1, -0.05) is 6.07 Å². The number of likely N-dealkylation sites (tertiary alicyclic amines) is 1. The first-order valence-corrected chi connectivity index (χ1v) is 9.92. The molecule has 0 aromatic heterocycles. The molecular formula is C21H28NO4+. The monoisotopic (exact) mass is 358 g/mol. The molecule has 0 radical (unpaired) electrons. The van der Waals surface area contributed by atoms with Crippen LogP contribution in [0.3, 0.4) is 0 Å². The van der Waals surface area contributed by atoms with Crippen molar-refractivity contribution >= 4 is 5.78 Å². The lowest BCUT2D eigenvalue weighted by Gasteiger charge is -2.65. The SMILES string of the molecule is C[N+]1(CC2CC2)CC[C@]23CC(=O)CC[C@@]2(O)[C@H]1Cc1ccc(O)c(O)c13. The van der Waals surface area contributed by atoms with E-state index in [4.69, 9.17) is 0 Å². The molecule has 5 nitrogen and oxygen atoms in total.